The Morgan fingerprint density at radius 2 is 1.50 bits per heavy atom. The molecule has 10 heavy (non-hydrogen) atoms. The third-order valence-electron chi connectivity index (χ3n) is 0.500. The molecule has 0 fully saturated rings. The molecule has 0 bridgehead atoms. The molecular formula is C4H14NO3PZn. The molecule has 0 spiro atoms. The zero-order valence-corrected chi connectivity index (χ0v) is 10.4. The molecule has 0 aromatic carbocycles. The molecule has 3 N–H and O–H groups in total. The molecule has 0 unspecified atom stereocenters. The van der Waals surface area contributed by atoms with Crippen LogP contribution in [0.1, 0.15) is 13.8 Å². The van der Waals surface area contributed by atoms with E-state index in [2.05, 4.69) is 19.2 Å². The molecule has 0 saturated carbocycles. The van der Waals surface area contributed by atoms with Gasteiger partial charge in [-0.1, -0.05) is 13.8 Å². The van der Waals surface area contributed by atoms with Crippen molar-refractivity contribution in [3.63, 3.8) is 0 Å². The predicted molar refractivity (Wildman–Crippen MR) is 37.7 cm³/mol. The van der Waals surface area contributed by atoms with Gasteiger partial charge in [-0.25, -0.2) is 0 Å². The van der Waals surface area contributed by atoms with Gasteiger partial charge in [-0.3, -0.25) is 4.57 Å². The van der Waals surface area contributed by atoms with Crippen molar-refractivity contribution < 1.29 is 33.8 Å². The Morgan fingerprint density at radius 1 is 1.30 bits per heavy atom. The topological polar surface area (TPSA) is 69.6 Å². The van der Waals surface area contributed by atoms with Crippen molar-refractivity contribution >= 4 is 8.25 Å². The molecule has 6 heteroatoms. The van der Waals surface area contributed by atoms with Crippen molar-refractivity contribution in [3.05, 3.63) is 0 Å². The smallest absolute Gasteiger partial charge is 0.314 e. The minimum absolute atomic E-state index is 0. The van der Waals surface area contributed by atoms with Crippen molar-refractivity contribution in [2.45, 2.75) is 13.8 Å². The SMILES string of the molecule is CCNCC.O=[PH](O)O.[Zn]. The third kappa shape index (κ3) is 69.9. The molecule has 60 valence electrons. The largest absolute Gasteiger partial charge is 0.326 e. The molecule has 0 heterocycles. The van der Waals surface area contributed by atoms with Gasteiger partial charge >= 0.3 is 8.25 Å². The van der Waals surface area contributed by atoms with Gasteiger partial charge in [-0.2, -0.15) is 0 Å². The van der Waals surface area contributed by atoms with Crippen LogP contribution in [0.2, 0.25) is 0 Å². The standard InChI is InChI=1S/C4H11N.H3O3P.Zn/c1-3-5-4-2;1-4(2)3;/h5H,3-4H2,1-2H3;4H,(H2,1,2,3);. The quantitative estimate of drug-likeness (QED) is 0.452. The van der Waals surface area contributed by atoms with Crippen molar-refractivity contribution in [1.82, 2.24) is 5.32 Å². The van der Waals surface area contributed by atoms with Crippen LogP contribution in [0.4, 0.5) is 0 Å². The Balaban J connectivity index is -0.0000000910. The van der Waals surface area contributed by atoms with Gasteiger partial charge < -0.3 is 15.1 Å². The summed E-state index contributed by atoms with van der Waals surface area (Å²) in [5.41, 5.74) is 0. The van der Waals surface area contributed by atoms with Crippen LogP contribution in [-0.4, -0.2) is 22.9 Å². The van der Waals surface area contributed by atoms with E-state index in [-0.39, 0.29) is 19.5 Å². The van der Waals surface area contributed by atoms with E-state index in [1.54, 1.807) is 0 Å². The summed E-state index contributed by atoms with van der Waals surface area (Å²) < 4.78 is 8.74. The Hall–Kier alpha value is 0.733. The van der Waals surface area contributed by atoms with Gasteiger partial charge in [0, 0.05) is 19.5 Å². The molecule has 0 saturated heterocycles. The van der Waals surface area contributed by atoms with Crippen molar-refractivity contribution in [3.8, 4) is 0 Å². The summed E-state index contributed by atoms with van der Waals surface area (Å²) in [6.07, 6.45) is 0. The summed E-state index contributed by atoms with van der Waals surface area (Å²) in [5.74, 6) is 0. The average molecular weight is 221 g/mol. The first kappa shape index (κ1) is 17.0. The molecule has 0 amide bonds. The van der Waals surface area contributed by atoms with E-state index >= 15 is 0 Å². The average Bonchev–Trinajstić information content (AvgIpc) is 1.66. The summed E-state index contributed by atoms with van der Waals surface area (Å²) in [7, 11) is -3.13. The van der Waals surface area contributed by atoms with Crippen molar-refractivity contribution in [1.29, 1.82) is 0 Å². The predicted octanol–water partition coefficient (Wildman–Crippen LogP) is -0.0260. The van der Waals surface area contributed by atoms with Crippen LogP contribution < -0.4 is 5.32 Å². The first-order valence-electron chi connectivity index (χ1n) is 2.77. The summed E-state index contributed by atoms with van der Waals surface area (Å²) in [4.78, 5) is 14.3. The van der Waals surface area contributed by atoms with Crippen LogP contribution in [0.15, 0.2) is 0 Å². The Labute approximate surface area is 74.7 Å². The van der Waals surface area contributed by atoms with Crippen LogP contribution in [0.5, 0.6) is 0 Å². The minimum Gasteiger partial charge on any atom is -0.326 e. The zero-order chi connectivity index (χ0) is 7.70. The molecule has 0 aromatic rings. The second-order valence-electron chi connectivity index (χ2n) is 1.24. The van der Waals surface area contributed by atoms with Crippen LogP contribution in [0.3, 0.4) is 0 Å². The fourth-order valence-corrected chi connectivity index (χ4v) is 0.250. The number of nitrogens with one attached hydrogen (secondary N) is 1. The monoisotopic (exact) mass is 219 g/mol. The molecule has 0 radical (unpaired) electrons. The van der Waals surface area contributed by atoms with Gasteiger partial charge in [0.2, 0.25) is 0 Å². The Kier molecular flexibility index (Phi) is 27.8. The maximum atomic E-state index is 8.74. The van der Waals surface area contributed by atoms with Gasteiger partial charge in [0.1, 0.15) is 0 Å². The molecule has 4 nitrogen and oxygen atoms in total. The zero-order valence-electron chi connectivity index (χ0n) is 6.42. The van der Waals surface area contributed by atoms with Gasteiger partial charge in [0.05, 0.1) is 0 Å². The van der Waals surface area contributed by atoms with Crippen molar-refractivity contribution in [2.75, 3.05) is 13.1 Å². The van der Waals surface area contributed by atoms with E-state index in [0.29, 0.717) is 0 Å². The number of hydrogen-bond donors (Lipinski definition) is 3. The fourth-order valence-electron chi connectivity index (χ4n) is 0.250. The van der Waals surface area contributed by atoms with Crippen molar-refractivity contribution in [2.24, 2.45) is 0 Å². The van der Waals surface area contributed by atoms with E-state index in [1.165, 1.54) is 0 Å². The molecule has 0 aliphatic heterocycles. The third-order valence-corrected chi connectivity index (χ3v) is 0.500. The van der Waals surface area contributed by atoms with Crippen LogP contribution >= 0.6 is 8.25 Å². The van der Waals surface area contributed by atoms with Gasteiger partial charge in [0.15, 0.2) is 0 Å². The maximum absolute atomic E-state index is 8.74. The fraction of sp³-hybridized carbons (Fsp3) is 1.00. The number of rotatable bonds is 2. The molecule has 0 aromatic heterocycles. The summed E-state index contributed by atoms with van der Waals surface area (Å²) in [5, 5.41) is 3.11. The van der Waals surface area contributed by atoms with Crippen LogP contribution in [0, 0.1) is 0 Å². The molecule has 0 rings (SSSR count). The first-order chi connectivity index (χ1) is 4.15. The Morgan fingerprint density at radius 3 is 1.50 bits per heavy atom. The van der Waals surface area contributed by atoms with Crippen LogP contribution in [-0.2, 0) is 24.0 Å². The second kappa shape index (κ2) is 16.4. The van der Waals surface area contributed by atoms with E-state index in [0.717, 1.165) is 13.1 Å². The second-order valence-corrected chi connectivity index (χ2v) is 1.80. The molecule has 0 aliphatic carbocycles. The van der Waals surface area contributed by atoms with Crippen LogP contribution in [0.25, 0.3) is 0 Å². The maximum Gasteiger partial charge on any atom is 0.314 e. The van der Waals surface area contributed by atoms with E-state index in [4.69, 9.17) is 14.4 Å². The summed E-state index contributed by atoms with van der Waals surface area (Å²) >= 11 is 0. The van der Waals surface area contributed by atoms with E-state index in [9.17, 15) is 0 Å². The minimum atomic E-state index is -3.13. The van der Waals surface area contributed by atoms with E-state index < -0.39 is 8.25 Å². The first-order valence-corrected chi connectivity index (χ1v) is 4.08. The van der Waals surface area contributed by atoms with Gasteiger partial charge in [0.25, 0.3) is 0 Å². The van der Waals surface area contributed by atoms with Gasteiger partial charge in [-0.15, -0.1) is 0 Å². The van der Waals surface area contributed by atoms with E-state index in [1.807, 2.05) is 0 Å². The molecular weight excluding hydrogens is 206 g/mol. The van der Waals surface area contributed by atoms with Gasteiger partial charge in [-0.05, 0) is 13.1 Å². The molecule has 0 atom stereocenters. The normalized spacial score (nSPS) is 7.70. The summed E-state index contributed by atoms with van der Waals surface area (Å²) in [6, 6.07) is 0. The summed E-state index contributed by atoms with van der Waals surface area (Å²) in [6.45, 7) is 6.39. The molecule has 0 aliphatic rings. The Bertz CT molecular complexity index is 67.5. The number of hydrogen-bond acceptors (Lipinski definition) is 2.